The van der Waals surface area contributed by atoms with Gasteiger partial charge in [0, 0.05) is 22.5 Å². The van der Waals surface area contributed by atoms with Crippen molar-refractivity contribution >= 4 is 52.1 Å². The Kier molecular flexibility index (Phi) is 12.3. The van der Waals surface area contributed by atoms with Gasteiger partial charge in [-0.3, -0.25) is 10.1 Å². The fourth-order valence-electron chi connectivity index (χ4n) is 6.40. The molecule has 0 bridgehead atoms. The minimum atomic E-state index is -1.38. The number of carbonyl (C=O) groups is 3. The molecule has 2 aromatic heterocycles. The maximum absolute atomic E-state index is 14.3. The second-order valence-corrected chi connectivity index (χ2v) is 14.0. The number of nitrogens with zero attached hydrogens (tertiary/aromatic N) is 2. The molecule has 15 heteroatoms. The minimum absolute atomic E-state index is 0.0346. The third-order valence-corrected chi connectivity index (χ3v) is 10.4. The Labute approximate surface area is 306 Å². The molecule has 0 radical (unpaired) electrons. The number of aryl methyl sites for hydroxylation is 1. The van der Waals surface area contributed by atoms with Gasteiger partial charge in [-0.25, -0.2) is 9.59 Å². The summed E-state index contributed by atoms with van der Waals surface area (Å²) in [6, 6.07) is 11.0. The molecule has 274 valence electrons. The quantitative estimate of drug-likeness (QED) is 0.0757. The number of aliphatic hydroxyl groups is 1. The Morgan fingerprint density at radius 1 is 1.10 bits per heavy atom. The Bertz CT molecular complexity index is 1850. The first-order valence-electron chi connectivity index (χ1n) is 17.0. The van der Waals surface area contributed by atoms with Crippen molar-refractivity contribution < 1.29 is 33.5 Å². The van der Waals surface area contributed by atoms with E-state index in [0.29, 0.717) is 41.2 Å². The maximum Gasteiger partial charge on any atom is 0.408 e. The minimum Gasteiger partial charge on any atom is -0.463 e. The Morgan fingerprint density at radius 3 is 2.51 bits per heavy atom. The number of rotatable bonds is 14. The molecule has 2 amide bonds. The summed E-state index contributed by atoms with van der Waals surface area (Å²) in [6.45, 7) is 7.72. The van der Waals surface area contributed by atoms with Crippen molar-refractivity contribution in [3.8, 4) is 0 Å². The number of fused-ring (bicyclic) bond motifs is 3. The molecule has 0 aliphatic heterocycles. The van der Waals surface area contributed by atoms with Crippen LogP contribution < -0.4 is 16.0 Å². The third-order valence-electron chi connectivity index (χ3n) is 9.84. The highest BCUT2D eigenvalue weighted by Gasteiger charge is 2.46. The van der Waals surface area contributed by atoms with Crippen molar-refractivity contribution in [3.63, 3.8) is 0 Å². The molecule has 4 aromatic rings. The molecule has 13 nitrogen and oxygen atoms in total. The van der Waals surface area contributed by atoms with Crippen molar-refractivity contribution in [2.75, 3.05) is 7.11 Å². The van der Waals surface area contributed by atoms with Crippen molar-refractivity contribution in [2.24, 2.45) is 11.8 Å². The van der Waals surface area contributed by atoms with E-state index in [4.69, 9.17) is 37.2 Å². The number of nitrogens with one attached hydrogen (secondary N) is 4. The first kappa shape index (κ1) is 38.1. The number of benzene rings is 2. The Balaban J connectivity index is 1.48. The van der Waals surface area contributed by atoms with E-state index in [2.05, 4.69) is 31.1 Å². The van der Waals surface area contributed by atoms with E-state index in [1.165, 1.54) is 7.11 Å². The molecular formula is C36H44Cl2N6O7. The summed E-state index contributed by atoms with van der Waals surface area (Å²) in [6.07, 6.45) is 0.0123. The summed E-state index contributed by atoms with van der Waals surface area (Å²) >= 11 is 13.0. The van der Waals surface area contributed by atoms with Crippen molar-refractivity contribution in [1.29, 1.82) is 0 Å². The van der Waals surface area contributed by atoms with Crippen molar-refractivity contribution in [1.82, 2.24) is 31.1 Å². The van der Waals surface area contributed by atoms with E-state index in [1.54, 1.807) is 12.1 Å². The molecule has 0 fully saturated rings. The third kappa shape index (κ3) is 8.49. The van der Waals surface area contributed by atoms with Gasteiger partial charge in [0.05, 0.1) is 29.2 Å². The van der Waals surface area contributed by atoms with Crippen LogP contribution in [0.1, 0.15) is 86.3 Å². The molecule has 0 saturated carbocycles. The summed E-state index contributed by atoms with van der Waals surface area (Å²) in [5, 5.41) is 26.8. The van der Waals surface area contributed by atoms with E-state index >= 15 is 0 Å². The monoisotopic (exact) mass is 742 g/mol. The first-order valence-corrected chi connectivity index (χ1v) is 17.8. The van der Waals surface area contributed by atoms with E-state index < -0.39 is 41.8 Å². The van der Waals surface area contributed by atoms with Gasteiger partial charge in [0.2, 0.25) is 11.8 Å². The lowest BCUT2D eigenvalue weighted by molar-refractivity contribution is -0.129. The Morgan fingerprint density at radius 2 is 1.82 bits per heavy atom. The predicted molar refractivity (Wildman–Crippen MR) is 191 cm³/mol. The highest BCUT2D eigenvalue weighted by molar-refractivity contribution is 6.38. The smallest absolute Gasteiger partial charge is 0.408 e. The number of aliphatic hydroxyl groups excluding tert-OH is 1. The van der Waals surface area contributed by atoms with Gasteiger partial charge < -0.3 is 34.7 Å². The number of amides is 2. The maximum atomic E-state index is 14.3. The van der Waals surface area contributed by atoms with Gasteiger partial charge in [0.1, 0.15) is 18.9 Å². The lowest BCUT2D eigenvalue weighted by atomic mass is 9.77. The van der Waals surface area contributed by atoms with Crippen LogP contribution >= 0.6 is 23.2 Å². The average molecular weight is 744 g/mol. The van der Waals surface area contributed by atoms with E-state index in [-0.39, 0.29) is 36.6 Å². The van der Waals surface area contributed by atoms with Crippen LogP contribution in [0.2, 0.25) is 10.0 Å². The number of H-pyrrole nitrogens is 1. The number of halogens is 2. The lowest BCUT2D eigenvalue weighted by Crippen LogP contribution is -2.67. The molecule has 5 rings (SSSR count). The molecular weight excluding hydrogens is 699 g/mol. The normalized spacial score (nSPS) is 18.6. The lowest BCUT2D eigenvalue weighted by Gasteiger charge is -2.44. The van der Waals surface area contributed by atoms with Crippen LogP contribution in [0.4, 0.5) is 4.79 Å². The number of esters is 1. The van der Waals surface area contributed by atoms with Crippen LogP contribution in [0.3, 0.4) is 0 Å². The number of hydrogen-bond donors (Lipinski definition) is 5. The molecule has 0 saturated heterocycles. The summed E-state index contributed by atoms with van der Waals surface area (Å²) < 4.78 is 15.7. The fourth-order valence-corrected chi connectivity index (χ4v) is 6.94. The van der Waals surface area contributed by atoms with Crippen LogP contribution in [0.25, 0.3) is 10.9 Å². The van der Waals surface area contributed by atoms with Crippen LogP contribution in [-0.2, 0) is 33.7 Å². The van der Waals surface area contributed by atoms with Gasteiger partial charge in [-0.1, -0.05) is 94.1 Å². The number of alkyl carbamates (subject to hydrolysis) is 1. The molecule has 51 heavy (non-hydrogen) atoms. The van der Waals surface area contributed by atoms with Crippen molar-refractivity contribution in [3.05, 3.63) is 81.0 Å². The second kappa shape index (κ2) is 16.4. The molecule has 0 spiro atoms. The second-order valence-electron chi connectivity index (χ2n) is 13.2. The van der Waals surface area contributed by atoms with Crippen LogP contribution in [0.5, 0.6) is 0 Å². The molecule has 1 aliphatic carbocycles. The topological polar surface area (TPSA) is 181 Å². The number of aromatic nitrogens is 3. The number of ether oxygens (including phenoxy) is 2. The molecule has 2 heterocycles. The summed E-state index contributed by atoms with van der Waals surface area (Å²) in [5.41, 5.74) is 1.94. The van der Waals surface area contributed by atoms with Crippen LogP contribution in [-0.4, -0.2) is 63.1 Å². The zero-order chi connectivity index (χ0) is 36.9. The number of aromatic amines is 1. The molecule has 5 N–H and O–H groups in total. The van der Waals surface area contributed by atoms with E-state index in [9.17, 15) is 19.5 Å². The largest absolute Gasteiger partial charge is 0.463 e. The van der Waals surface area contributed by atoms with Crippen LogP contribution in [0, 0.1) is 11.8 Å². The summed E-state index contributed by atoms with van der Waals surface area (Å²) in [5.74, 6) is -1.88. The Hall–Kier alpha value is -4.17. The van der Waals surface area contributed by atoms with Gasteiger partial charge >= 0.3 is 12.1 Å². The zero-order valence-corrected chi connectivity index (χ0v) is 30.7. The summed E-state index contributed by atoms with van der Waals surface area (Å²) in [4.78, 5) is 47.1. The molecule has 6 atom stereocenters. The van der Waals surface area contributed by atoms with Gasteiger partial charge in [-0.2, -0.15) is 4.98 Å². The van der Waals surface area contributed by atoms with Gasteiger partial charge in [0.15, 0.2) is 0 Å². The number of carbonyl (C=O) groups excluding carboxylic acids is 3. The summed E-state index contributed by atoms with van der Waals surface area (Å²) in [7, 11) is 1.21. The van der Waals surface area contributed by atoms with Crippen molar-refractivity contribution in [2.45, 2.75) is 90.3 Å². The predicted octanol–water partition coefficient (Wildman–Crippen LogP) is 6.02. The molecule has 3 unspecified atom stereocenters. The van der Waals surface area contributed by atoms with Gasteiger partial charge in [-0.15, -0.1) is 0 Å². The first-order chi connectivity index (χ1) is 24.4. The highest BCUT2D eigenvalue weighted by atomic mass is 35.5. The molecule has 2 aromatic carbocycles. The van der Waals surface area contributed by atoms with E-state index in [0.717, 1.165) is 22.2 Å². The molecule has 1 aliphatic rings. The average Bonchev–Trinajstić information content (AvgIpc) is 3.76. The van der Waals surface area contributed by atoms with Gasteiger partial charge in [0.25, 0.3) is 5.82 Å². The van der Waals surface area contributed by atoms with Crippen LogP contribution in [0.15, 0.2) is 47.0 Å². The fraction of sp³-hybridized carbons (Fsp3) is 0.472. The standard InChI is InChI=1S/C36H44Cl2N6O7/c1-6-19(3)27(41-35(48)50-18-21-11-9-8-10-12-21)31(45)43-36(14-13-26-24(17-36)23-15-22(37)16-25(38)29(23)39-26)34(47)40-28(20(4)7-2)32-42-30(44-51-32)33(46)49-5/h8-12,15-16,19-20,27-28,34,39-40,47H,6-7,13-14,17-18H2,1-5H3,(H,41,48)(H,43,45)/t19?,20?,27-,28-,34?,36-/m0/s1. The zero-order valence-electron chi connectivity index (χ0n) is 29.2. The van der Waals surface area contributed by atoms with E-state index in [1.807, 2.05) is 58.0 Å². The highest BCUT2D eigenvalue weighted by Crippen LogP contribution is 2.40. The SMILES string of the molecule is CCC(C)[C@H](NC(=O)OCc1ccccc1)C(=O)N[C@@]1(C(O)N[C@H](c2nc(C(=O)OC)no2)C(C)CC)CCc2[nH]c3c(Cl)cc(Cl)cc3c2C1. The number of hydrogen-bond acceptors (Lipinski definition) is 10. The van der Waals surface area contributed by atoms with Gasteiger partial charge in [-0.05, 0) is 53.1 Å². The number of methoxy groups -OCH3 is 1.